The fourth-order valence-corrected chi connectivity index (χ4v) is 3.42. The summed E-state index contributed by atoms with van der Waals surface area (Å²) in [6, 6.07) is 18.3. The number of rotatable bonds is 4. The topological polar surface area (TPSA) is 71.2 Å². The van der Waals surface area contributed by atoms with Crippen LogP contribution in [0.25, 0.3) is 0 Å². The number of aliphatic hydroxyl groups excluding tert-OH is 1. The summed E-state index contributed by atoms with van der Waals surface area (Å²) in [5, 5.41) is 17.4. The minimum atomic E-state index is -0.700. The largest absolute Gasteiger partial charge is 0.387 e. The SMILES string of the molecule is C[C@@H](O)c1cn(CC(=O)N2C[C@@H](c3ccccc3)c3ccccc32)nn1. The Morgan fingerprint density at radius 3 is 2.65 bits per heavy atom. The monoisotopic (exact) mass is 348 g/mol. The summed E-state index contributed by atoms with van der Waals surface area (Å²) in [4.78, 5) is 14.7. The van der Waals surface area contributed by atoms with Crippen LogP contribution < -0.4 is 4.90 Å². The number of benzene rings is 2. The molecule has 2 heterocycles. The zero-order chi connectivity index (χ0) is 18.1. The van der Waals surface area contributed by atoms with Crippen molar-refractivity contribution in [2.24, 2.45) is 0 Å². The van der Waals surface area contributed by atoms with E-state index in [4.69, 9.17) is 0 Å². The normalized spacial score (nSPS) is 17.2. The minimum absolute atomic E-state index is 0.0436. The molecule has 0 bridgehead atoms. The van der Waals surface area contributed by atoms with Crippen molar-refractivity contribution in [1.29, 1.82) is 0 Å². The molecule has 4 rings (SSSR count). The zero-order valence-corrected chi connectivity index (χ0v) is 14.5. The summed E-state index contributed by atoms with van der Waals surface area (Å²) in [6.07, 6.45) is 0.910. The van der Waals surface area contributed by atoms with Crippen molar-refractivity contribution >= 4 is 11.6 Å². The Balaban J connectivity index is 1.59. The van der Waals surface area contributed by atoms with Crippen LogP contribution in [0, 0.1) is 0 Å². The number of aliphatic hydroxyl groups is 1. The van der Waals surface area contributed by atoms with Crippen molar-refractivity contribution in [1.82, 2.24) is 15.0 Å². The van der Waals surface area contributed by atoms with Crippen LogP contribution in [0.1, 0.15) is 35.8 Å². The van der Waals surface area contributed by atoms with Crippen LogP contribution in [-0.2, 0) is 11.3 Å². The fourth-order valence-electron chi connectivity index (χ4n) is 3.42. The maximum absolute atomic E-state index is 12.9. The lowest BCUT2D eigenvalue weighted by Crippen LogP contribution is -2.33. The molecule has 6 nitrogen and oxygen atoms in total. The van der Waals surface area contributed by atoms with E-state index in [1.165, 1.54) is 10.2 Å². The second-order valence-electron chi connectivity index (χ2n) is 6.54. The second kappa shape index (κ2) is 6.72. The zero-order valence-electron chi connectivity index (χ0n) is 14.5. The Morgan fingerprint density at radius 1 is 1.19 bits per heavy atom. The highest BCUT2D eigenvalue weighted by Crippen LogP contribution is 2.40. The Hall–Kier alpha value is -2.99. The van der Waals surface area contributed by atoms with Gasteiger partial charge in [0.05, 0.1) is 12.3 Å². The van der Waals surface area contributed by atoms with Crippen LogP contribution in [0.3, 0.4) is 0 Å². The van der Waals surface area contributed by atoms with Crippen molar-refractivity contribution < 1.29 is 9.90 Å². The van der Waals surface area contributed by atoms with E-state index in [1.54, 1.807) is 13.1 Å². The van der Waals surface area contributed by atoms with E-state index in [1.807, 2.05) is 41.3 Å². The lowest BCUT2D eigenvalue weighted by Gasteiger charge is -2.18. The van der Waals surface area contributed by atoms with Gasteiger partial charge in [-0.3, -0.25) is 4.79 Å². The quantitative estimate of drug-likeness (QED) is 0.786. The lowest BCUT2D eigenvalue weighted by molar-refractivity contribution is -0.119. The summed E-state index contributed by atoms with van der Waals surface area (Å²) in [5.74, 6) is 0.123. The molecular formula is C20H20N4O2. The fraction of sp³-hybridized carbons (Fsp3) is 0.250. The van der Waals surface area contributed by atoms with Gasteiger partial charge in [-0.05, 0) is 24.1 Å². The summed E-state index contributed by atoms with van der Waals surface area (Å²) in [7, 11) is 0. The van der Waals surface area contributed by atoms with E-state index < -0.39 is 6.10 Å². The second-order valence-corrected chi connectivity index (χ2v) is 6.54. The average molecular weight is 348 g/mol. The molecule has 2 atom stereocenters. The molecule has 0 saturated heterocycles. The highest BCUT2D eigenvalue weighted by Gasteiger charge is 2.33. The molecule has 1 aliphatic rings. The number of fused-ring (bicyclic) bond motifs is 1. The molecule has 0 unspecified atom stereocenters. The molecule has 6 heteroatoms. The van der Waals surface area contributed by atoms with Gasteiger partial charge in [-0.2, -0.15) is 0 Å². The third kappa shape index (κ3) is 2.99. The molecule has 0 aliphatic carbocycles. The molecule has 26 heavy (non-hydrogen) atoms. The molecule has 1 N–H and O–H groups in total. The standard InChI is InChI=1S/C20H20N4O2/c1-14(25)18-12-23(22-21-18)13-20(26)24-11-17(15-7-3-2-4-8-15)16-9-5-6-10-19(16)24/h2-10,12,14,17,25H,11,13H2,1H3/t14-,17+/m1/s1. The van der Waals surface area contributed by atoms with Gasteiger partial charge in [0.1, 0.15) is 12.2 Å². The van der Waals surface area contributed by atoms with Crippen LogP contribution >= 0.6 is 0 Å². The minimum Gasteiger partial charge on any atom is -0.387 e. The van der Waals surface area contributed by atoms with Gasteiger partial charge in [-0.15, -0.1) is 5.10 Å². The predicted octanol–water partition coefficient (Wildman–Crippen LogP) is 2.51. The van der Waals surface area contributed by atoms with Crippen LogP contribution in [0.4, 0.5) is 5.69 Å². The van der Waals surface area contributed by atoms with Gasteiger partial charge in [-0.25, -0.2) is 4.68 Å². The molecule has 0 radical (unpaired) electrons. The number of amides is 1. The Morgan fingerprint density at radius 2 is 1.92 bits per heavy atom. The number of carbonyl (C=O) groups is 1. The van der Waals surface area contributed by atoms with Crippen LogP contribution in [0.5, 0.6) is 0 Å². The smallest absolute Gasteiger partial charge is 0.248 e. The number of carbonyl (C=O) groups excluding carboxylic acids is 1. The van der Waals surface area contributed by atoms with E-state index in [0.29, 0.717) is 12.2 Å². The van der Waals surface area contributed by atoms with Crippen molar-refractivity contribution in [3.05, 3.63) is 77.6 Å². The predicted molar refractivity (Wildman–Crippen MR) is 97.7 cm³/mol. The molecule has 132 valence electrons. The van der Waals surface area contributed by atoms with Crippen LogP contribution in [-0.4, -0.2) is 32.6 Å². The third-order valence-corrected chi connectivity index (χ3v) is 4.75. The Bertz CT molecular complexity index is 920. The number of hydrogen-bond acceptors (Lipinski definition) is 4. The van der Waals surface area contributed by atoms with Crippen molar-refractivity contribution in [2.75, 3.05) is 11.4 Å². The van der Waals surface area contributed by atoms with Crippen LogP contribution in [0.2, 0.25) is 0 Å². The van der Waals surface area contributed by atoms with E-state index in [9.17, 15) is 9.90 Å². The third-order valence-electron chi connectivity index (χ3n) is 4.75. The molecular weight excluding hydrogens is 328 g/mol. The highest BCUT2D eigenvalue weighted by molar-refractivity contribution is 5.96. The van der Waals surface area contributed by atoms with Crippen LogP contribution in [0.15, 0.2) is 60.8 Å². The van der Waals surface area contributed by atoms with Gasteiger partial charge in [-0.1, -0.05) is 53.7 Å². The first-order valence-corrected chi connectivity index (χ1v) is 8.66. The van der Waals surface area contributed by atoms with E-state index in [2.05, 4.69) is 28.5 Å². The molecule has 0 saturated carbocycles. The average Bonchev–Trinajstić information content (AvgIpc) is 3.27. The number of nitrogens with zero attached hydrogens (tertiary/aromatic N) is 4. The van der Waals surface area contributed by atoms with Crippen molar-refractivity contribution in [2.45, 2.75) is 25.5 Å². The van der Waals surface area contributed by atoms with E-state index in [-0.39, 0.29) is 18.4 Å². The first-order chi connectivity index (χ1) is 12.6. The highest BCUT2D eigenvalue weighted by atomic mass is 16.3. The molecule has 0 fully saturated rings. The van der Waals surface area contributed by atoms with Gasteiger partial charge >= 0.3 is 0 Å². The maximum atomic E-state index is 12.9. The Kier molecular flexibility index (Phi) is 4.26. The van der Waals surface area contributed by atoms with Gasteiger partial charge in [0.25, 0.3) is 0 Å². The molecule has 1 aromatic heterocycles. The summed E-state index contributed by atoms with van der Waals surface area (Å²) < 4.78 is 1.48. The van der Waals surface area contributed by atoms with Gasteiger partial charge < -0.3 is 10.0 Å². The number of para-hydroxylation sites is 1. The molecule has 1 amide bonds. The maximum Gasteiger partial charge on any atom is 0.248 e. The molecule has 3 aromatic rings. The first-order valence-electron chi connectivity index (χ1n) is 8.66. The Labute approximate surface area is 151 Å². The molecule has 0 spiro atoms. The summed E-state index contributed by atoms with van der Waals surface area (Å²) in [6.45, 7) is 2.33. The molecule has 2 aromatic carbocycles. The first kappa shape index (κ1) is 16.5. The van der Waals surface area contributed by atoms with Crippen molar-refractivity contribution in [3.8, 4) is 0 Å². The van der Waals surface area contributed by atoms with E-state index in [0.717, 1.165) is 11.3 Å². The van der Waals surface area contributed by atoms with Gasteiger partial charge in [0, 0.05) is 18.2 Å². The number of aromatic nitrogens is 3. The van der Waals surface area contributed by atoms with Gasteiger partial charge in [0.2, 0.25) is 5.91 Å². The number of anilines is 1. The summed E-state index contributed by atoms with van der Waals surface area (Å²) >= 11 is 0. The van der Waals surface area contributed by atoms with Crippen molar-refractivity contribution in [3.63, 3.8) is 0 Å². The summed E-state index contributed by atoms with van der Waals surface area (Å²) in [5.41, 5.74) is 3.77. The van der Waals surface area contributed by atoms with E-state index >= 15 is 0 Å². The number of hydrogen-bond donors (Lipinski definition) is 1. The lowest BCUT2D eigenvalue weighted by atomic mass is 9.93. The van der Waals surface area contributed by atoms with Gasteiger partial charge in [0.15, 0.2) is 0 Å². The molecule has 1 aliphatic heterocycles.